The van der Waals surface area contributed by atoms with Crippen molar-refractivity contribution in [2.75, 3.05) is 18.1 Å². The number of hydrogen-bond donors (Lipinski definition) is 3. The first kappa shape index (κ1) is 11.9. The number of carbonyl (C=O) groups excluding carboxylic acids is 1. The fourth-order valence-electron chi connectivity index (χ4n) is 0.753. The highest BCUT2D eigenvalue weighted by Gasteiger charge is 2.08. The summed E-state index contributed by atoms with van der Waals surface area (Å²) in [5.41, 5.74) is 0. The second kappa shape index (κ2) is 7.54. The van der Waals surface area contributed by atoms with Crippen molar-refractivity contribution in [3.8, 4) is 0 Å². The SMILES string of the molecule is CC(O)NC(CO)CSCC=O. The van der Waals surface area contributed by atoms with Crippen LogP contribution in [0.1, 0.15) is 6.92 Å². The van der Waals surface area contributed by atoms with Gasteiger partial charge < -0.3 is 15.0 Å². The van der Waals surface area contributed by atoms with Gasteiger partial charge in [-0.15, -0.1) is 0 Å². The standard InChI is InChI=1S/C7H15NO3S/c1-6(11)8-7(4-10)5-12-3-2-9/h2,6-8,10-11H,3-5H2,1H3. The van der Waals surface area contributed by atoms with Crippen LogP contribution in [0.2, 0.25) is 0 Å². The molecule has 0 radical (unpaired) electrons. The Morgan fingerprint density at radius 1 is 1.67 bits per heavy atom. The maximum atomic E-state index is 9.94. The minimum absolute atomic E-state index is 0.0310. The highest BCUT2D eigenvalue weighted by Crippen LogP contribution is 2.00. The highest BCUT2D eigenvalue weighted by molar-refractivity contribution is 7.99. The van der Waals surface area contributed by atoms with Crippen LogP contribution in [0.15, 0.2) is 0 Å². The third-order valence-electron chi connectivity index (χ3n) is 1.20. The quantitative estimate of drug-likeness (QED) is 0.281. The summed E-state index contributed by atoms with van der Waals surface area (Å²) in [7, 11) is 0. The Bertz CT molecular complexity index is 121. The van der Waals surface area contributed by atoms with Gasteiger partial charge >= 0.3 is 0 Å². The normalized spacial score (nSPS) is 15.6. The van der Waals surface area contributed by atoms with Gasteiger partial charge in [-0.1, -0.05) is 0 Å². The lowest BCUT2D eigenvalue weighted by molar-refractivity contribution is -0.105. The molecule has 0 saturated heterocycles. The molecule has 0 aliphatic heterocycles. The smallest absolute Gasteiger partial charge is 0.129 e. The third kappa shape index (κ3) is 6.60. The van der Waals surface area contributed by atoms with Gasteiger partial charge in [-0.3, -0.25) is 5.32 Å². The Kier molecular flexibility index (Phi) is 7.48. The molecule has 4 nitrogen and oxygen atoms in total. The fraction of sp³-hybridized carbons (Fsp3) is 0.857. The Hall–Kier alpha value is -0.100. The molecule has 0 aromatic carbocycles. The van der Waals surface area contributed by atoms with Crippen LogP contribution in [0, 0.1) is 0 Å². The zero-order valence-electron chi connectivity index (χ0n) is 7.06. The van der Waals surface area contributed by atoms with Crippen molar-refractivity contribution < 1.29 is 15.0 Å². The van der Waals surface area contributed by atoms with Crippen LogP contribution >= 0.6 is 11.8 Å². The van der Waals surface area contributed by atoms with Gasteiger partial charge in [0.2, 0.25) is 0 Å². The van der Waals surface area contributed by atoms with E-state index in [0.29, 0.717) is 11.5 Å². The Balaban J connectivity index is 3.45. The molecule has 72 valence electrons. The van der Waals surface area contributed by atoms with Crippen LogP contribution in [0.25, 0.3) is 0 Å². The molecule has 2 unspecified atom stereocenters. The lowest BCUT2D eigenvalue weighted by Crippen LogP contribution is -2.40. The van der Waals surface area contributed by atoms with Crippen molar-refractivity contribution in [1.82, 2.24) is 5.32 Å². The predicted molar refractivity (Wildman–Crippen MR) is 49.1 cm³/mol. The first-order chi connectivity index (χ1) is 5.70. The van der Waals surface area contributed by atoms with Crippen molar-refractivity contribution in [1.29, 1.82) is 0 Å². The summed E-state index contributed by atoms with van der Waals surface area (Å²) in [6, 6.07) is -0.144. The van der Waals surface area contributed by atoms with Crippen LogP contribution in [-0.2, 0) is 4.79 Å². The van der Waals surface area contributed by atoms with Gasteiger partial charge in [0.05, 0.1) is 6.61 Å². The number of aliphatic hydroxyl groups is 2. The lowest BCUT2D eigenvalue weighted by atomic mass is 10.3. The summed E-state index contributed by atoms with van der Waals surface area (Å²) in [5.74, 6) is 1.05. The van der Waals surface area contributed by atoms with Crippen LogP contribution in [0.3, 0.4) is 0 Å². The first-order valence-electron chi connectivity index (χ1n) is 3.77. The molecular weight excluding hydrogens is 178 g/mol. The van der Waals surface area contributed by atoms with E-state index in [1.807, 2.05) is 0 Å². The van der Waals surface area contributed by atoms with Crippen LogP contribution in [0.4, 0.5) is 0 Å². The molecule has 0 aromatic heterocycles. The third-order valence-corrected chi connectivity index (χ3v) is 2.21. The molecule has 0 aliphatic carbocycles. The van der Waals surface area contributed by atoms with E-state index in [1.54, 1.807) is 6.92 Å². The maximum absolute atomic E-state index is 9.94. The van der Waals surface area contributed by atoms with Gasteiger partial charge in [0.1, 0.15) is 12.5 Å². The first-order valence-corrected chi connectivity index (χ1v) is 4.92. The summed E-state index contributed by atoms with van der Waals surface area (Å²) in [5, 5.41) is 20.5. The number of thioether (sulfide) groups is 1. The minimum atomic E-state index is -0.626. The number of nitrogens with one attached hydrogen (secondary N) is 1. The second-order valence-corrected chi connectivity index (χ2v) is 3.50. The number of aliphatic hydroxyl groups excluding tert-OH is 2. The van der Waals surface area contributed by atoms with E-state index in [0.717, 1.165) is 6.29 Å². The van der Waals surface area contributed by atoms with Gasteiger partial charge in [-0.2, -0.15) is 11.8 Å². The van der Waals surface area contributed by atoms with Gasteiger partial charge in [0, 0.05) is 17.5 Å². The van der Waals surface area contributed by atoms with E-state index < -0.39 is 6.23 Å². The summed E-state index contributed by atoms with van der Waals surface area (Å²) < 4.78 is 0. The summed E-state index contributed by atoms with van der Waals surface area (Å²) >= 11 is 1.43. The van der Waals surface area contributed by atoms with Crippen LogP contribution in [-0.4, -0.2) is 46.9 Å². The molecule has 0 rings (SSSR count). The van der Waals surface area contributed by atoms with Gasteiger partial charge in [0.15, 0.2) is 0 Å². The molecule has 0 amide bonds. The fourth-order valence-corrected chi connectivity index (χ4v) is 1.47. The molecule has 0 saturated carbocycles. The van der Waals surface area contributed by atoms with Crippen LogP contribution < -0.4 is 5.32 Å². The van der Waals surface area contributed by atoms with Crippen molar-refractivity contribution in [2.24, 2.45) is 0 Å². The molecular formula is C7H15NO3S. The predicted octanol–water partition coefficient (Wildman–Crippen LogP) is -0.793. The number of rotatable bonds is 7. The molecule has 12 heavy (non-hydrogen) atoms. The Morgan fingerprint density at radius 3 is 2.75 bits per heavy atom. The second-order valence-electron chi connectivity index (χ2n) is 2.43. The van der Waals surface area contributed by atoms with E-state index in [4.69, 9.17) is 10.2 Å². The highest BCUT2D eigenvalue weighted by atomic mass is 32.2. The zero-order chi connectivity index (χ0) is 9.40. The Morgan fingerprint density at radius 2 is 2.33 bits per heavy atom. The van der Waals surface area contributed by atoms with Crippen molar-refractivity contribution in [3.63, 3.8) is 0 Å². The molecule has 0 aromatic rings. The number of carbonyl (C=O) groups is 1. The zero-order valence-corrected chi connectivity index (χ0v) is 7.88. The number of aldehydes is 1. The largest absolute Gasteiger partial charge is 0.395 e. The van der Waals surface area contributed by atoms with Gasteiger partial charge in [-0.05, 0) is 6.92 Å². The van der Waals surface area contributed by atoms with Crippen molar-refractivity contribution in [3.05, 3.63) is 0 Å². The van der Waals surface area contributed by atoms with Gasteiger partial charge in [-0.25, -0.2) is 0 Å². The van der Waals surface area contributed by atoms with E-state index in [9.17, 15) is 4.79 Å². The molecule has 5 heteroatoms. The molecule has 0 spiro atoms. The average molecular weight is 193 g/mol. The molecule has 0 bridgehead atoms. The van der Waals surface area contributed by atoms with E-state index >= 15 is 0 Å². The molecule has 2 atom stereocenters. The molecule has 0 heterocycles. The summed E-state index contributed by atoms with van der Waals surface area (Å²) in [6.07, 6.45) is 0.195. The summed E-state index contributed by atoms with van der Waals surface area (Å²) in [4.78, 5) is 9.94. The minimum Gasteiger partial charge on any atom is -0.395 e. The van der Waals surface area contributed by atoms with E-state index in [1.165, 1.54) is 11.8 Å². The van der Waals surface area contributed by atoms with Crippen molar-refractivity contribution >= 4 is 18.0 Å². The molecule has 0 aliphatic rings. The van der Waals surface area contributed by atoms with E-state index in [-0.39, 0.29) is 12.6 Å². The summed E-state index contributed by atoms with van der Waals surface area (Å²) in [6.45, 7) is 1.56. The van der Waals surface area contributed by atoms with E-state index in [2.05, 4.69) is 5.32 Å². The topological polar surface area (TPSA) is 69.6 Å². The maximum Gasteiger partial charge on any atom is 0.129 e. The monoisotopic (exact) mass is 193 g/mol. The number of hydrogen-bond acceptors (Lipinski definition) is 5. The molecule has 3 N–H and O–H groups in total. The Labute approximate surface area is 76.4 Å². The average Bonchev–Trinajstić information content (AvgIpc) is 2.02. The molecule has 0 fully saturated rings. The lowest BCUT2D eigenvalue weighted by Gasteiger charge is -2.17. The van der Waals surface area contributed by atoms with Crippen LogP contribution in [0.5, 0.6) is 0 Å². The van der Waals surface area contributed by atoms with Gasteiger partial charge in [0.25, 0.3) is 0 Å². The van der Waals surface area contributed by atoms with Crippen molar-refractivity contribution in [2.45, 2.75) is 19.2 Å².